The number of nitrogens with one attached hydrogen (secondary N) is 1. The van der Waals surface area contributed by atoms with Crippen molar-refractivity contribution in [2.45, 2.75) is 10.9 Å². The third-order valence-electron chi connectivity index (χ3n) is 1.91. The van der Waals surface area contributed by atoms with Crippen LogP contribution in [0.4, 0.5) is 5.69 Å². The zero-order valence-electron chi connectivity index (χ0n) is 8.59. The summed E-state index contributed by atoms with van der Waals surface area (Å²) in [5, 5.41) is 27.2. The summed E-state index contributed by atoms with van der Waals surface area (Å²) in [5.74, 6) is -0.919. The zero-order valence-corrected chi connectivity index (χ0v) is 10.2. The van der Waals surface area contributed by atoms with Crippen molar-refractivity contribution in [1.82, 2.24) is 0 Å². The third-order valence-corrected chi connectivity index (χ3v) is 3.53. The van der Waals surface area contributed by atoms with Gasteiger partial charge in [-0.2, -0.15) is 5.23 Å². The van der Waals surface area contributed by atoms with E-state index in [1.807, 2.05) is 0 Å². The van der Waals surface area contributed by atoms with E-state index in [4.69, 9.17) is 27.6 Å². The number of thioether (sulfide) groups is 1. The summed E-state index contributed by atoms with van der Waals surface area (Å²) < 4.78 is 0. The van der Waals surface area contributed by atoms with Crippen molar-refractivity contribution in [2.75, 3.05) is 5.75 Å². The van der Waals surface area contributed by atoms with Crippen LogP contribution in [-0.2, 0) is 4.79 Å². The molecule has 1 unspecified atom stereocenters. The van der Waals surface area contributed by atoms with Crippen molar-refractivity contribution in [3.63, 3.8) is 0 Å². The molecule has 1 aromatic rings. The molecule has 0 saturated carbocycles. The first-order valence-electron chi connectivity index (χ1n) is 4.56. The molecule has 0 radical (unpaired) electrons. The minimum Gasteiger partial charge on any atom is -0.595 e. The van der Waals surface area contributed by atoms with Crippen molar-refractivity contribution in [3.05, 3.63) is 28.4 Å². The van der Waals surface area contributed by atoms with Crippen molar-refractivity contribution < 1.29 is 20.3 Å². The van der Waals surface area contributed by atoms with Crippen LogP contribution in [0.3, 0.4) is 0 Å². The molecule has 1 rings (SSSR count). The lowest BCUT2D eigenvalue weighted by atomic mass is 10.3. The number of benzene rings is 1. The molecule has 17 heavy (non-hydrogen) atoms. The number of carboxylic acid groups (broad SMARTS) is 1. The van der Waals surface area contributed by atoms with Crippen LogP contribution in [-0.4, -0.2) is 28.1 Å². The van der Waals surface area contributed by atoms with Crippen LogP contribution in [0.15, 0.2) is 23.1 Å². The molecular formula is C9H11ClN2O4S. The smallest absolute Gasteiger partial charge is 0.321 e. The Balaban J connectivity index is 2.70. The van der Waals surface area contributed by atoms with Gasteiger partial charge < -0.3 is 16.0 Å². The van der Waals surface area contributed by atoms with E-state index in [0.717, 1.165) is 0 Å². The molecule has 94 valence electrons. The zero-order chi connectivity index (χ0) is 13.0. The standard InChI is InChI=1S/C9H11ClN2O4S/c10-6-3-5(12(15)16)1-2-8(6)17-4-7(11)9(13)14/h1-3,7,12,15H,4,11H2,(H,13,14)/t7-/m0/s1. The molecule has 1 aromatic carbocycles. The Morgan fingerprint density at radius 2 is 2.29 bits per heavy atom. The number of nitrogens with two attached hydrogens (primary N) is 1. The molecule has 0 aliphatic rings. The summed E-state index contributed by atoms with van der Waals surface area (Å²) in [7, 11) is 0. The SMILES string of the molecule is N[C@@H](CSc1ccc([NH+]([O-])O)cc1Cl)C(=O)O. The number of aliphatic carboxylic acids is 1. The van der Waals surface area contributed by atoms with Crippen LogP contribution in [0.1, 0.15) is 0 Å². The summed E-state index contributed by atoms with van der Waals surface area (Å²) in [5.41, 5.74) is 5.42. The molecule has 0 aromatic heterocycles. The van der Waals surface area contributed by atoms with Gasteiger partial charge in [0.2, 0.25) is 0 Å². The highest BCUT2D eigenvalue weighted by atomic mass is 35.5. The fourth-order valence-corrected chi connectivity index (χ4v) is 2.21. The van der Waals surface area contributed by atoms with Crippen molar-refractivity contribution in [1.29, 1.82) is 0 Å². The van der Waals surface area contributed by atoms with Gasteiger partial charge in [-0.25, -0.2) is 5.21 Å². The molecule has 6 nitrogen and oxygen atoms in total. The number of rotatable bonds is 5. The third kappa shape index (κ3) is 4.15. The van der Waals surface area contributed by atoms with E-state index in [1.54, 1.807) is 0 Å². The molecule has 5 N–H and O–H groups in total. The molecule has 0 saturated heterocycles. The van der Waals surface area contributed by atoms with Crippen molar-refractivity contribution >= 4 is 35.0 Å². The second kappa shape index (κ2) is 6.20. The van der Waals surface area contributed by atoms with E-state index in [9.17, 15) is 10.0 Å². The Morgan fingerprint density at radius 3 is 2.76 bits per heavy atom. The van der Waals surface area contributed by atoms with Gasteiger partial charge in [0.05, 0.1) is 5.02 Å². The lowest BCUT2D eigenvalue weighted by Crippen LogP contribution is -2.99. The molecule has 0 aliphatic heterocycles. The Morgan fingerprint density at radius 1 is 1.65 bits per heavy atom. The molecule has 2 atom stereocenters. The van der Waals surface area contributed by atoms with Gasteiger partial charge in [-0.3, -0.25) is 4.79 Å². The highest BCUT2D eigenvalue weighted by Gasteiger charge is 2.13. The van der Waals surface area contributed by atoms with Crippen LogP contribution < -0.4 is 11.0 Å². The fourth-order valence-electron chi connectivity index (χ4n) is 1.00. The normalized spacial score (nSPS) is 14.4. The molecule has 0 fully saturated rings. The first-order valence-corrected chi connectivity index (χ1v) is 5.92. The van der Waals surface area contributed by atoms with Gasteiger partial charge in [0.15, 0.2) is 5.69 Å². The first-order chi connectivity index (χ1) is 7.91. The number of hydrogen-bond acceptors (Lipinski definition) is 5. The second-order valence-electron chi connectivity index (χ2n) is 3.21. The van der Waals surface area contributed by atoms with Crippen molar-refractivity contribution in [2.24, 2.45) is 5.73 Å². The fraction of sp³-hybridized carbons (Fsp3) is 0.222. The van der Waals surface area contributed by atoms with Gasteiger partial charge >= 0.3 is 5.97 Å². The van der Waals surface area contributed by atoms with E-state index in [1.165, 1.54) is 30.0 Å². The number of hydrogen-bond donors (Lipinski definition) is 4. The van der Waals surface area contributed by atoms with E-state index in [0.29, 0.717) is 4.90 Å². The van der Waals surface area contributed by atoms with Crippen LogP contribution >= 0.6 is 23.4 Å². The highest BCUT2D eigenvalue weighted by Crippen LogP contribution is 2.28. The Hall–Kier alpha value is -0.830. The summed E-state index contributed by atoms with van der Waals surface area (Å²) in [6, 6.07) is 3.28. The Labute approximate surface area is 107 Å². The Bertz CT molecular complexity index is 416. The summed E-state index contributed by atoms with van der Waals surface area (Å²) >= 11 is 7.04. The number of halogens is 1. The van der Waals surface area contributed by atoms with Crippen LogP contribution in [0.5, 0.6) is 0 Å². The van der Waals surface area contributed by atoms with Gasteiger partial charge in [-0.05, 0) is 6.07 Å². The molecule has 0 aliphatic carbocycles. The maximum Gasteiger partial charge on any atom is 0.321 e. The van der Waals surface area contributed by atoms with Gasteiger partial charge in [-0.15, -0.1) is 11.8 Å². The predicted molar refractivity (Wildman–Crippen MR) is 63.6 cm³/mol. The van der Waals surface area contributed by atoms with E-state index < -0.39 is 17.2 Å². The molecule has 0 heterocycles. The highest BCUT2D eigenvalue weighted by molar-refractivity contribution is 7.99. The minimum atomic E-state index is -1.09. The molecule has 0 amide bonds. The quantitative estimate of drug-likeness (QED) is 0.454. The average Bonchev–Trinajstić information content (AvgIpc) is 2.26. The lowest BCUT2D eigenvalue weighted by Gasteiger charge is -2.13. The number of quaternary nitrogens is 1. The maximum atomic E-state index is 10.7. The first kappa shape index (κ1) is 14.2. The molecule has 0 spiro atoms. The topological polar surface area (TPSA) is 111 Å². The average molecular weight is 279 g/mol. The van der Waals surface area contributed by atoms with E-state index >= 15 is 0 Å². The predicted octanol–water partition coefficient (Wildman–Crippen LogP) is 0.247. The molecular weight excluding hydrogens is 268 g/mol. The van der Waals surface area contributed by atoms with E-state index in [2.05, 4.69) is 0 Å². The number of carboxylic acids is 1. The monoisotopic (exact) mass is 278 g/mol. The second-order valence-corrected chi connectivity index (χ2v) is 4.68. The van der Waals surface area contributed by atoms with Crippen LogP contribution in [0.2, 0.25) is 5.02 Å². The van der Waals surface area contributed by atoms with Crippen LogP contribution in [0, 0.1) is 5.21 Å². The van der Waals surface area contributed by atoms with Gasteiger partial charge in [0.25, 0.3) is 0 Å². The summed E-state index contributed by atoms with van der Waals surface area (Å²) in [6.45, 7) is 0. The summed E-state index contributed by atoms with van der Waals surface area (Å²) in [4.78, 5) is 11.1. The molecule has 0 bridgehead atoms. The number of carbonyl (C=O) groups is 1. The minimum absolute atomic E-state index is 0.0851. The summed E-state index contributed by atoms with van der Waals surface area (Å²) in [6.07, 6.45) is 0. The van der Waals surface area contributed by atoms with Gasteiger partial charge in [0, 0.05) is 22.8 Å². The van der Waals surface area contributed by atoms with Gasteiger partial charge in [0.1, 0.15) is 6.04 Å². The van der Waals surface area contributed by atoms with Gasteiger partial charge in [-0.1, -0.05) is 11.6 Å². The lowest BCUT2D eigenvalue weighted by molar-refractivity contribution is -0.991. The van der Waals surface area contributed by atoms with Crippen molar-refractivity contribution in [3.8, 4) is 0 Å². The largest absolute Gasteiger partial charge is 0.595 e. The Kier molecular flexibility index (Phi) is 5.19. The molecule has 8 heteroatoms. The van der Waals surface area contributed by atoms with E-state index in [-0.39, 0.29) is 16.5 Å². The van der Waals surface area contributed by atoms with Crippen LogP contribution in [0.25, 0.3) is 0 Å². The maximum absolute atomic E-state index is 10.7.